The molecule has 1 atom stereocenters. The number of carbonyl (C=O) groups excluding carboxylic acids is 1. The molecule has 0 aliphatic heterocycles. The van der Waals surface area contributed by atoms with Crippen LogP contribution in [0, 0.1) is 0 Å². The molecule has 158 valence electrons. The zero-order valence-electron chi connectivity index (χ0n) is 16.4. The fraction of sp³-hybridized carbons (Fsp3) is 0.143. The third-order valence-corrected chi connectivity index (χ3v) is 6.22. The van der Waals surface area contributed by atoms with E-state index < -0.39 is 5.25 Å². The molecule has 0 saturated carbocycles. The summed E-state index contributed by atoms with van der Waals surface area (Å²) in [5.74, 6) is 0.133. The number of thioether (sulfide) groups is 1. The minimum absolute atomic E-state index is 0.171. The molecule has 0 aliphatic carbocycles. The van der Waals surface area contributed by atoms with Crippen LogP contribution in [0.4, 0.5) is 5.69 Å². The molecule has 1 amide bonds. The van der Waals surface area contributed by atoms with Gasteiger partial charge in [-0.05, 0) is 37.3 Å². The van der Waals surface area contributed by atoms with Crippen LogP contribution in [0.15, 0.2) is 65.1 Å². The summed E-state index contributed by atoms with van der Waals surface area (Å²) in [4.78, 5) is 25.6. The maximum absolute atomic E-state index is 12.9. The van der Waals surface area contributed by atoms with Crippen molar-refractivity contribution in [3.8, 4) is 0 Å². The normalized spacial score (nSPS) is 12.2. The van der Waals surface area contributed by atoms with Gasteiger partial charge in [0.05, 0.1) is 26.9 Å². The molecule has 0 bridgehead atoms. The standard InChI is InChI=1S/C21H17Cl2N5O2S/c1-3-10-27-19(30)14-6-4-5-7-17(14)28-20(27)25-26-21(28)31-12(2)18(29)24-16-9-8-13(22)11-15(16)23/h3-9,11-12H,1,10H2,2H3,(H,24,29)/t12-/m1/s1. The minimum Gasteiger partial charge on any atom is -0.324 e. The average Bonchev–Trinajstić information content (AvgIpc) is 3.16. The van der Waals surface area contributed by atoms with Gasteiger partial charge in [-0.3, -0.25) is 18.6 Å². The Kier molecular flexibility index (Phi) is 6.04. The second-order valence-electron chi connectivity index (χ2n) is 6.71. The van der Waals surface area contributed by atoms with Gasteiger partial charge < -0.3 is 5.32 Å². The van der Waals surface area contributed by atoms with Gasteiger partial charge in [-0.25, -0.2) is 0 Å². The van der Waals surface area contributed by atoms with E-state index in [2.05, 4.69) is 22.1 Å². The number of rotatable bonds is 6. The first kappa shape index (κ1) is 21.4. The van der Waals surface area contributed by atoms with Gasteiger partial charge in [-0.2, -0.15) is 0 Å². The number of aromatic nitrogens is 4. The topological polar surface area (TPSA) is 81.3 Å². The van der Waals surface area contributed by atoms with Crippen LogP contribution < -0.4 is 10.9 Å². The van der Waals surface area contributed by atoms with Crippen molar-refractivity contribution >= 4 is 63.2 Å². The number of halogens is 2. The van der Waals surface area contributed by atoms with Crippen LogP contribution in [0.3, 0.4) is 0 Å². The molecular weight excluding hydrogens is 457 g/mol. The highest BCUT2D eigenvalue weighted by atomic mass is 35.5. The second-order valence-corrected chi connectivity index (χ2v) is 8.86. The molecule has 0 aliphatic rings. The molecular formula is C21H17Cl2N5O2S. The smallest absolute Gasteiger partial charge is 0.263 e. The van der Waals surface area contributed by atoms with Gasteiger partial charge >= 0.3 is 0 Å². The van der Waals surface area contributed by atoms with Crippen molar-refractivity contribution in [2.75, 3.05) is 5.32 Å². The third-order valence-electron chi connectivity index (χ3n) is 4.63. The number of para-hydroxylation sites is 1. The van der Waals surface area contributed by atoms with Crippen LogP contribution >= 0.6 is 35.0 Å². The molecule has 1 N–H and O–H groups in total. The lowest BCUT2D eigenvalue weighted by atomic mass is 10.2. The zero-order chi connectivity index (χ0) is 22.1. The SMILES string of the molecule is C=CCn1c(=O)c2ccccc2n2c(S[C@H](C)C(=O)Nc3ccc(Cl)cc3Cl)nnc12. The van der Waals surface area contributed by atoms with Crippen molar-refractivity contribution in [3.63, 3.8) is 0 Å². The third kappa shape index (κ3) is 4.06. The molecule has 2 aromatic carbocycles. The number of nitrogens with one attached hydrogen (secondary N) is 1. The molecule has 10 heteroatoms. The highest BCUT2D eigenvalue weighted by Crippen LogP contribution is 2.28. The quantitative estimate of drug-likeness (QED) is 0.325. The van der Waals surface area contributed by atoms with Gasteiger partial charge in [0.25, 0.3) is 5.56 Å². The number of hydrogen-bond donors (Lipinski definition) is 1. The lowest BCUT2D eigenvalue weighted by molar-refractivity contribution is -0.115. The Labute approximate surface area is 191 Å². The van der Waals surface area contributed by atoms with E-state index in [9.17, 15) is 9.59 Å². The van der Waals surface area contributed by atoms with Crippen molar-refractivity contribution in [3.05, 3.63) is 75.5 Å². The molecule has 0 radical (unpaired) electrons. The number of hydrogen-bond acceptors (Lipinski definition) is 5. The zero-order valence-corrected chi connectivity index (χ0v) is 18.7. The summed E-state index contributed by atoms with van der Waals surface area (Å²) in [5, 5.41) is 12.6. The number of carbonyl (C=O) groups is 1. The molecule has 4 aromatic rings. The molecule has 0 saturated heterocycles. The van der Waals surface area contributed by atoms with Crippen LogP contribution in [0.5, 0.6) is 0 Å². The molecule has 4 rings (SSSR count). The van der Waals surface area contributed by atoms with E-state index in [0.29, 0.717) is 44.1 Å². The summed E-state index contributed by atoms with van der Waals surface area (Å²) >= 11 is 13.3. The molecule has 2 heterocycles. The monoisotopic (exact) mass is 473 g/mol. The van der Waals surface area contributed by atoms with Crippen molar-refractivity contribution < 1.29 is 4.79 Å². The van der Waals surface area contributed by atoms with E-state index >= 15 is 0 Å². The van der Waals surface area contributed by atoms with Crippen molar-refractivity contribution in [1.29, 1.82) is 0 Å². The molecule has 0 unspecified atom stereocenters. The summed E-state index contributed by atoms with van der Waals surface area (Å²) in [7, 11) is 0. The predicted octanol–water partition coefficient (Wildman–Crippen LogP) is 4.66. The van der Waals surface area contributed by atoms with E-state index in [1.54, 1.807) is 47.7 Å². The molecule has 0 fully saturated rings. The first-order valence-corrected chi connectivity index (χ1v) is 10.9. The predicted molar refractivity (Wildman–Crippen MR) is 125 cm³/mol. The number of amides is 1. The Morgan fingerprint density at radius 2 is 2.03 bits per heavy atom. The number of anilines is 1. The lowest BCUT2D eigenvalue weighted by Crippen LogP contribution is -2.24. The summed E-state index contributed by atoms with van der Waals surface area (Å²) < 4.78 is 3.29. The Morgan fingerprint density at radius 3 is 2.77 bits per heavy atom. The number of nitrogens with zero attached hydrogens (tertiary/aromatic N) is 4. The second kappa shape index (κ2) is 8.74. The van der Waals surface area contributed by atoms with Crippen LogP contribution in [-0.4, -0.2) is 30.3 Å². The van der Waals surface area contributed by atoms with Gasteiger partial charge in [0.1, 0.15) is 0 Å². The molecule has 2 aromatic heterocycles. The van der Waals surface area contributed by atoms with Crippen molar-refractivity contribution in [2.45, 2.75) is 23.9 Å². The number of benzene rings is 2. The van der Waals surface area contributed by atoms with E-state index in [0.717, 1.165) is 0 Å². The fourth-order valence-corrected chi connectivity index (χ4v) is 4.45. The molecule has 0 spiro atoms. The Hall–Kier alpha value is -2.81. The van der Waals surface area contributed by atoms with Crippen LogP contribution in [0.25, 0.3) is 16.7 Å². The van der Waals surface area contributed by atoms with Gasteiger partial charge in [0, 0.05) is 11.6 Å². The van der Waals surface area contributed by atoms with Crippen molar-refractivity contribution in [2.24, 2.45) is 0 Å². The lowest BCUT2D eigenvalue weighted by Gasteiger charge is -2.13. The van der Waals surface area contributed by atoms with E-state index in [4.69, 9.17) is 23.2 Å². The maximum Gasteiger partial charge on any atom is 0.263 e. The van der Waals surface area contributed by atoms with Crippen molar-refractivity contribution in [1.82, 2.24) is 19.2 Å². The fourth-order valence-electron chi connectivity index (χ4n) is 3.14. The van der Waals surface area contributed by atoms with Gasteiger partial charge in [-0.1, -0.05) is 53.2 Å². The molecule has 31 heavy (non-hydrogen) atoms. The highest BCUT2D eigenvalue weighted by Gasteiger charge is 2.22. The van der Waals surface area contributed by atoms with Crippen LogP contribution in [-0.2, 0) is 11.3 Å². The van der Waals surface area contributed by atoms with Crippen LogP contribution in [0.2, 0.25) is 10.0 Å². The van der Waals surface area contributed by atoms with Gasteiger partial charge in [0.2, 0.25) is 11.7 Å². The summed E-state index contributed by atoms with van der Waals surface area (Å²) in [6.07, 6.45) is 1.63. The van der Waals surface area contributed by atoms with E-state index in [1.165, 1.54) is 16.3 Å². The van der Waals surface area contributed by atoms with Crippen LogP contribution in [0.1, 0.15) is 6.92 Å². The van der Waals surface area contributed by atoms with Gasteiger partial charge in [0.15, 0.2) is 5.16 Å². The van der Waals surface area contributed by atoms with E-state index in [1.807, 2.05) is 12.1 Å². The molecule has 7 nitrogen and oxygen atoms in total. The Balaban J connectivity index is 1.71. The first-order valence-electron chi connectivity index (χ1n) is 9.31. The average molecular weight is 474 g/mol. The summed E-state index contributed by atoms with van der Waals surface area (Å²) in [6, 6.07) is 12.1. The Morgan fingerprint density at radius 1 is 1.26 bits per heavy atom. The summed E-state index contributed by atoms with van der Waals surface area (Å²) in [6.45, 7) is 5.77. The van der Waals surface area contributed by atoms with Gasteiger partial charge in [-0.15, -0.1) is 16.8 Å². The first-order chi connectivity index (χ1) is 14.9. The largest absolute Gasteiger partial charge is 0.324 e. The number of fused-ring (bicyclic) bond motifs is 3. The maximum atomic E-state index is 12.9. The highest BCUT2D eigenvalue weighted by molar-refractivity contribution is 8.00. The Bertz CT molecular complexity index is 1380. The summed E-state index contributed by atoms with van der Waals surface area (Å²) in [5.41, 5.74) is 0.971. The van der Waals surface area contributed by atoms with E-state index in [-0.39, 0.29) is 11.5 Å². The number of allylic oxidation sites excluding steroid dienone is 1. The minimum atomic E-state index is -0.516.